The molecule has 2 aromatic carbocycles. The van der Waals surface area contributed by atoms with Crippen LogP contribution in [-0.4, -0.2) is 54.7 Å². The Bertz CT molecular complexity index is 1180. The third-order valence-electron chi connectivity index (χ3n) is 7.78. The van der Waals surface area contributed by atoms with E-state index in [1.165, 1.54) is 6.42 Å². The Morgan fingerprint density at radius 1 is 0.973 bits per heavy atom. The van der Waals surface area contributed by atoms with Gasteiger partial charge in [0, 0.05) is 28.8 Å². The molecule has 3 heterocycles. The van der Waals surface area contributed by atoms with Crippen molar-refractivity contribution in [3.63, 3.8) is 0 Å². The maximum absolute atomic E-state index is 12.9. The molecule has 0 aromatic heterocycles. The lowest BCUT2D eigenvalue weighted by Crippen LogP contribution is -2.48. The number of hydrogen-bond acceptors (Lipinski definition) is 7. The normalized spacial score (nSPS) is 26.1. The second-order valence-corrected chi connectivity index (χ2v) is 10.3. The van der Waals surface area contributed by atoms with Gasteiger partial charge in [-0.15, -0.1) is 0 Å². The van der Waals surface area contributed by atoms with Crippen molar-refractivity contribution in [2.75, 3.05) is 18.7 Å². The van der Waals surface area contributed by atoms with Crippen LogP contribution in [0.4, 0.5) is 5.69 Å². The number of benzene rings is 2. The summed E-state index contributed by atoms with van der Waals surface area (Å²) in [5, 5.41) is 16.1. The summed E-state index contributed by atoms with van der Waals surface area (Å²) >= 11 is 0. The Kier molecular flexibility index (Phi) is 6.65. The quantitative estimate of drug-likeness (QED) is 0.547. The number of anilines is 1. The molecule has 4 aliphatic rings. The van der Waals surface area contributed by atoms with E-state index < -0.39 is 6.10 Å². The Morgan fingerprint density at radius 3 is 2.62 bits per heavy atom. The van der Waals surface area contributed by atoms with Crippen LogP contribution < -0.4 is 24.8 Å². The molecule has 196 valence electrons. The van der Waals surface area contributed by atoms with Gasteiger partial charge in [0.25, 0.3) is 5.91 Å². The lowest BCUT2D eigenvalue weighted by atomic mass is 9.84. The standard InChI is InChI=1S/C28H32N2O7/c31-14-25-27-21(12-19(36-25)13-26(32)29-17-4-2-1-3-5-17)20-11-18(7-9-22(20)37-27)30-28(33)16-6-8-23-24(10-16)35-15-34-23/h6-11,17,19,21,25,27,31H,1-5,12-15H2,(H,29,32)(H,30,33)/t19-,21-,25+,27+/m0/s1. The lowest BCUT2D eigenvalue weighted by Gasteiger charge is -2.37. The van der Waals surface area contributed by atoms with Crippen LogP contribution in [0.2, 0.25) is 0 Å². The van der Waals surface area contributed by atoms with E-state index in [9.17, 15) is 14.7 Å². The summed E-state index contributed by atoms with van der Waals surface area (Å²) in [5.74, 6) is 1.58. The number of carbonyl (C=O) groups is 2. The van der Waals surface area contributed by atoms with Gasteiger partial charge in [0.15, 0.2) is 11.5 Å². The van der Waals surface area contributed by atoms with Crippen LogP contribution in [0.1, 0.15) is 66.8 Å². The maximum atomic E-state index is 12.9. The van der Waals surface area contributed by atoms with E-state index in [4.69, 9.17) is 18.9 Å². The largest absolute Gasteiger partial charge is 0.487 e. The summed E-state index contributed by atoms with van der Waals surface area (Å²) in [7, 11) is 0. The van der Waals surface area contributed by atoms with Gasteiger partial charge < -0.3 is 34.7 Å². The molecule has 0 spiro atoms. The third kappa shape index (κ3) is 4.98. The molecule has 4 atom stereocenters. The first kappa shape index (κ1) is 24.1. The Balaban J connectivity index is 1.14. The second-order valence-electron chi connectivity index (χ2n) is 10.3. The predicted octanol–water partition coefficient (Wildman–Crippen LogP) is 3.50. The van der Waals surface area contributed by atoms with Crippen molar-refractivity contribution in [1.82, 2.24) is 5.32 Å². The molecule has 6 rings (SSSR count). The van der Waals surface area contributed by atoms with Gasteiger partial charge >= 0.3 is 0 Å². The summed E-state index contributed by atoms with van der Waals surface area (Å²) in [5.41, 5.74) is 2.06. The van der Waals surface area contributed by atoms with Gasteiger partial charge in [-0.3, -0.25) is 9.59 Å². The predicted molar refractivity (Wildman–Crippen MR) is 134 cm³/mol. The van der Waals surface area contributed by atoms with Gasteiger partial charge in [-0.2, -0.15) is 0 Å². The second kappa shape index (κ2) is 10.2. The molecule has 1 saturated heterocycles. The van der Waals surface area contributed by atoms with Crippen LogP contribution >= 0.6 is 0 Å². The first-order chi connectivity index (χ1) is 18.1. The van der Waals surface area contributed by atoms with Crippen molar-refractivity contribution >= 4 is 17.5 Å². The number of ether oxygens (including phenoxy) is 4. The SMILES string of the molecule is O=C(C[C@@H]1C[C@H]2c3cc(NC(=O)c4ccc5c(c4)OCO5)ccc3O[C@H]2[C@@H](CO)O1)NC1CCCCC1. The maximum Gasteiger partial charge on any atom is 0.255 e. The fraction of sp³-hybridized carbons (Fsp3) is 0.500. The fourth-order valence-electron chi connectivity index (χ4n) is 5.95. The molecule has 0 unspecified atom stereocenters. The highest BCUT2D eigenvalue weighted by atomic mass is 16.7. The minimum Gasteiger partial charge on any atom is -0.487 e. The number of fused-ring (bicyclic) bond motifs is 4. The molecule has 2 aromatic rings. The van der Waals surface area contributed by atoms with Crippen LogP contribution in [0.25, 0.3) is 0 Å². The number of rotatable bonds is 6. The minimum absolute atomic E-state index is 0.00378. The molecule has 0 bridgehead atoms. The zero-order valence-corrected chi connectivity index (χ0v) is 20.6. The highest BCUT2D eigenvalue weighted by Crippen LogP contribution is 2.47. The van der Waals surface area contributed by atoms with E-state index >= 15 is 0 Å². The molecule has 1 aliphatic carbocycles. The summed E-state index contributed by atoms with van der Waals surface area (Å²) in [4.78, 5) is 25.6. The summed E-state index contributed by atoms with van der Waals surface area (Å²) in [6.45, 7) is -0.0425. The van der Waals surface area contributed by atoms with E-state index in [0.717, 1.165) is 31.2 Å². The van der Waals surface area contributed by atoms with Crippen molar-refractivity contribution in [1.29, 1.82) is 0 Å². The highest BCUT2D eigenvalue weighted by Gasteiger charge is 2.46. The first-order valence-corrected chi connectivity index (χ1v) is 13.1. The number of hydrogen-bond donors (Lipinski definition) is 3. The molecule has 9 heteroatoms. The summed E-state index contributed by atoms with van der Waals surface area (Å²) in [6.07, 6.45) is 5.29. The van der Waals surface area contributed by atoms with E-state index in [1.807, 2.05) is 12.1 Å². The van der Waals surface area contributed by atoms with Gasteiger partial charge in [-0.1, -0.05) is 19.3 Å². The van der Waals surface area contributed by atoms with E-state index in [0.29, 0.717) is 34.9 Å². The molecule has 37 heavy (non-hydrogen) atoms. The van der Waals surface area contributed by atoms with Crippen LogP contribution in [-0.2, 0) is 9.53 Å². The van der Waals surface area contributed by atoms with Crippen molar-refractivity contribution in [2.45, 2.75) is 75.2 Å². The van der Waals surface area contributed by atoms with E-state index in [1.54, 1.807) is 24.3 Å². The zero-order chi connectivity index (χ0) is 25.4. The van der Waals surface area contributed by atoms with Gasteiger partial charge in [0.05, 0.1) is 19.1 Å². The Morgan fingerprint density at radius 2 is 1.78 bits per heavy atom. The number of aliphatic hydroxyl groups is 1. The highest BCUT2D eigenvalue weighted by molar-refractivity contribution is 6.04. The van der Waals surface area contributed by atoms with Crippen LogP contribution in [0, 0.1) is 0 Å². The van der Waals surface area contributed by atoms with Crippen LogP contribution in [0.5, 0.6) is 17.2 Å². The monoisotopic (exact) mass is 508 g/mol. The molecule has 3 aliphatic heterocycles. The molecule has 2 amide bonds. The smallest absolute Gasteiger partial charge is 0.255 e. The molecule has 3 N–H and O–H groups in total. The number of nitrogens with one attached hydrogen (secondary N) is 2. The number of amides is 2. The van der Waals surface area contributed by atoms with Gasteiger partial charge in [-0.25, -0.2) is 0 Å². The molecule has 9 nitrogen and oxygen atoms in total. The van der Waals surface area contributed by atoms with Crippen molar-refractivity contribution in [3.05, 3.63) is 47.5 Å². The van der Waals surface area contributed by atoms with E-state index in [2.05, 4.69) is 10.6 Å². The van der Waals surface area contributed by atoms with Gasteiger partial charge in [0.2, 0.25) is 12.7 Å². The Labute approximate surface area is 215 Å². The number of carbonyl (C=O) groups excluding carboxylic acids is 2. The van der Waals surface area contributed by atoms with Crippen LogP contribution in [0.3, 0.4) is 0 Å². The molecular weight excluding hydrogens is 476 g/mol. The zero-order valence-electron chi connectivity index (χ0n) is 20.6. The summed E-state index contributed by atoms with van der Waals surface area (Å²) in [6, 6.07) is 10.9. The average molecular weight is 509 g/mol. The first-order valence-electron chi connectivity index (χ1n) is 13.1. The molecule has 2 fully saturated rings. The topological polar surface area (TPSA) is 115 Å². The lowest BCUT2D eigenvalue weighted by molar-refractivity contribution is -0.142. The van der Waals surface area contributed by atoms with Gasteiger partial charge in [-0.05, 0) is 55.7 Å². The molecule has 1 saturated carbocycles. The minimum atomic E-state index is -0.523. The third-order valence-corrected chi connectivity index (χ3v) is 7.78. The number of aliphatic hydroxyl groups excluding tert-OH is 1. The van der Waals surface area contributed by atoms with Crippen molar-refractivity contribution in [2.24, 2.45) is 0 Å². The van der Waals surface area contributed by atoms with E-state index in [-0.39, 0.29) is 55.8 Å². The van der Waals surface area contributed by atoms with Crippen LogP contribution in [0.15, 0.2) is 36.4 Å². The average Bonchev–Trinajstić information content (AvgIpc) is 3.53. The van der Waals surface area contributed by atoms with Crippen molar-refractivity contribution in [3.8, 4) is 17.2 Å². The Hall–Kier alpha value is -3.30. The van der Waals surface area contributed by atoms with Gasteiger partial charge in [0.1, 0.15) is 18.0 Å². The molecular formula is C28H32N2O7. The summed E-state index contributed by atoms with van der Waals surface area (Å²) < 4.78 is 23.0. The van der Waals surface area contributed by atoms with Crippen molar-refractivity contribution < 1.29 is 33.6 Å². The fourth-order valence-corrected chi connectivity index (χ4v) is 5.95. The molecule has 0 radical (unpaired) electrons.